The Bertz CT molecular complexity index is 436. The highest BCUT2D eigenvalue weighted by atomic mass is 79.9. The number of carboxylic acid groups (broad SMARTS) is 1. The number of aliphatic carboxylic acids is 1. The Morgan fingerprint density at radius 3 is 2.69 bits per heavy atom. The van der Waals surface area contributed by atoms with E-state index < -0.39 is 23.7 Å². The summed E-state index contributed by atoms with van der Waals surface area (Å²) in [5.41, 5.74) is -0.192. The Labute approximate surface area is 99.6 Å². The Balaban J connectivity index is 2.89. The molecule has 86 valence electrons. The molecule has 16 heavy (non-hydrogen) atoms. The second kappa shape index (κ2) is 5.07. The minimum absolute atomic E-state index is 0.156. The number of benzene rings is 1. The molecule has 0 aliphatic heterocycles. The minimum atomic E-state index is -1.18. The molecule has 0 aromatic heterocycles. The minimum Gasteiger partial charge on any atom is -0.480 e. The highest BCUT2D eigenvalue weighted by Crippen LogP contribution is 2.18. The predicted molar refractivity (Wildman–Crippen MR) is 58.7 cm³/mol. The van der Waals surface area contributed by atoms with Crippen molar-refractivity contribution in [2.75, 3.05) is 0 Å². The molecule has 0 saturated carbocycles. The van der Waals surface area contributed by atoms with Crippen molar-refractivity contribution in [2.45, 2.75) is 13.0 Å². The van der Waals surface area contributed by atoms with E-state index in [2.05, 4.69) is 21.2 Å². The van der Waals surface area contributed by atoms with E-state index in [1.54, 1.807) is 0 Å². The Morgan fingerprint density at radius 1 is 1.50 bits per heavy atom. The quantitative estimate of drug-likeness (QED) is 0.892. The van der Waals surface area contributed by atoms with Gasteiger partial charge in [-0.15, -0.1) is 0 Å². The van der Waals surface area contributed by atoms with E-state index in [1.165, 1.54) is 25.1 Å². The third-order valence-electron chi connectivity index (χ3n) is 1.91. The van der Waals surface area contributed by atoms with Crippen molar-refractivity contribution in [3.05, 3.63) is 34.1 Å². The molecule has 0 unspecified atom stereocenters. The molecule has 1 aromatic carbocycles. The molecule has 0 radical (unpaired) electrons. The number of hydrogen-bond acceptors (Lipinski definition) is 2. The third-order valence-corrected chi connectivity index (χ3v) is 2.53. The predicted octanol–water partition coefficient (Wildman–Crippen LogP) is 1.79. The normalized spacial score (nSPS) is 11.9. The van der Waals surface area contributed by atoms with Gasteiger partial charge < -0.3 is 10.4 Å². The van der Waals surface area contributed by atoms with E-state index in [0.717, 1.165) is 0 Å². The first kappa shape index (κ1) is 12.6. The summed E-state index contributed by atoms with van der Waals surface area (Å²) >= 11 is 2.94. The number of hydrogen-bond donors (Lipinski definition) is 2. The third kappa shape index (κ3) is 2.79. The van der Waals surface area contributed by atoms with E-state index in [1.807, 2.05) is 0 Å². The molecule has 2 N–H and O–H groups in total. The van der Waals surface area contributed by atoms with Crippen LogP contribution < -0.4 is 5.32 Å². The molecule has 0 bridgehead atoms. The maximum Gasteiger partial charge on any atom is 0.325 e. The van der Waals surface area contributed by atoms with Gasteiger partial charge in [-0.05, 0) is 35.0 Å². The molecule has 0 aliphatic carbocycles. The van der Waals surface area contributed by atoms with Crippen molar-refractivity contribution in [2.24, 2.45) is 0 Å². The fourth-order valence-electron chi connectivity index (χ4n) is 1.02. The van der Waals surface area contributed by atoms with E-state index in [9.17, 15) is 14.0 Å². The molecule has 0 heterocycles. The van der Waals surface area contributed by atoms with Crippen molar-refractivity contribution in [1.29, 1.82) is 0 Å². The van der Waals surface area contributed by atoms with Crippen LogP contribution in [0.4, 0.5) is 4.39 Å². The monoisotopic (exact) mass is 289 g/mol. The zero-order valence-electron chi connectivity index (χ0n) is 8.33. The highest BCUT2D eigenvalue weighted by Gasteiger charge is 2.18. The summed E-state index contributed by atoms with van der Waals surface area (Å²) in [6, 6.07) is 3.16. The molecule has 0 fully saturated rings. The van der Waals surface area contributed by atoms with Crippen LogP contribution in [0, 0.1) is 5.82 Å². The lowest BCUT2D eigenvalue weighted by atomic mass is 10.2. The fourth-order valence-corrected chi connectivity index (χ4v) is 1.38. The topological polar surface area (TPSA) is 66.4 Å². The number of carbonyl (C=O) groups excluding carboxylic acids is 1. The van der Waals surface area contributed by atoms with Crippen molar-refractivity contribution in [3.63, 3.8) is 0 Å². The zero-order valence-corrected chi connectivity index (χ0v) is 9.92. The van der Waals surface area contributed by atoms with Crippen molar-refractivity contribution in [1.82, 2.24) is 5.32 Å². The SMILES string of the molecule is C[C@@H](NC(=O)c1cccc(Br)c1F)C(=O)O. The van der Waals surface area contributed by atoms with Crippen LogP contribution in [0.1, 0.15) is 17.3 Å². The van der Waals surface area contributed by atoms with Crippen LogP contribution >= 0.6 is 15.9 Å². The number of carboxylic acids is 1. The highest BCUT2D eigenvalue weighted by molar-refractivity contribution is 9.10. The first-order valence-electron chi connectivity index (χ1n) is 4.41. The molecular formula is C10H9BrFNO3. The summed E-state index contributed by atoms with van der Waals surface area (Å²) in [6.07, 6.45) is 0. The maximum atomic E-state index is 13.4. The van der Waals surface area contributed by atoms with Gasteiger partial charge in [-0.2, -0.15) is 0 Å². The van der Waals surface area contributed by atoms with Gasteiger partial charge in [0, 0.05) is 0 Å². The van der Waals surface area contributed by atoms with Crippen LogP contribution in [-0.4, -0.2) is 23.0 Å². The number of halogens is 2. The summed E-state index contributed by atoms with van der Waals surface area (Å²) in [7, 11) is 0. The van der Waals surface area contributed by atoms with Gasteiger partial charge in [-0.1, -0.05) is 6.07 Å². The molecule has 1 aromatic rings. The average molecular weight is 290 g/mol. The molecular weight excluding hydrogens is 281 g/mol. The van der Waals surface area contributed by atoms with Gasteiger partial charge in [0.25, 0.3) is 5.91 Å². The van der Waals surface area contributed by atoms with Gasteiger partial charge in [0.2, 0.25) is 0 Å². The molecule has 4 nitrogen and oxygen atoms in total. The van der Waals surface area contributed by atoms with E-state index >= 15 is 0 Å². The maximum absolute atomic E-state index is 13.4. The van der Waals surface area contributed by atoms with Crippen molar-refractivity contribution in [3.8, 4) is 0 Å². The van der Waals surface area contributed by atoms with Crippen LogP contribution in [0.5, 0.6) is 0 Å². The zero-order chi connectivity index (χ0) is 12.3. The lowest BCUT2D eigenvalue weighted by Gasteiger charge is -2.10. The fraction of sp³-hybridized carbons (Fsp3) is 0.200. The van der Waals surface area contributed by atoms with Crippen LogP contribution in [0.2, 0.25) is 0 Å². The number of carbonyl (C=O) groups is 2. The van der Waals surface area contributed by atoms with E-state index in [-0.39, 0.29) is 10.0 Å². The smallest absolute Gasteiger partial charge is 0.325 e. The van der Waals surface area contributed by atoms with Crippen molar-refractivity contribution >= 4 is 27.8 Å². The first-order chi connectivity index (χ1) is 7.43. The Kier molecular flexibility index (Phi) is 4.00. The summed E-state index contributed by atoms with van der Waals surface area (Å²) < 4.78 is 13.6. The standard InChI is InChI=1S/C10H9BrFNO3/c1-5(10(15)16)13-9(14)6-3-2-4-7(11)8(6)12/h2-5H,1H3,(H,13,14)(H,15,16)/t5-/m1/s1. The van der Waals surface area contributed by atoms with Gasteiger partial charge in [-0.25, -0.2) is 4.39 Å². The number of nitrogens with one attached hydrogen (secondary N) is 1. The van der Waals surface area contributed by atoms with Crippen LogP contribution in [0.25, 0.3) is 0 Å². The number of amides is 1. The average Bonchev–Trinajstić information content (AvgIpc) is 2.21. The molecule has 0 saturated heterocycles. The van der Waals surface area contributed by atoms with Gasteiger partial charge >= 0.3 is 5.97 Å². The van der Waals surface area contributed by atoms with Crippen LogP contribution in [0.3, 0.4) is 0 Å². The van der Waals surface area contributed by atoms with E-state index in [4.69, 9.17) is 5.11 Å². The second-order valence-electron chi connectivity index (χ2n) is 3.13. The van der Waals surface area contributed by atoms with Gasteiger partial charge in [0.05, 0.1) is 10.0 Å². The van der Waals surface area contributed by atoms with Crippen LogP contribution in [0.15, 0.2) is 22.7 Å². The molecule has 1 rings (SSSR count). The Morgan fingerprint density at radius 2 is 2.12 bits per heavy atom. The molecule has 1 atom stereocenters. The molecule has 1 amide bonds. The van der Waals surface area contributed by atoms with Crippen molar-refractivity contribution < 1.29 is 19.1 Å². The lowest BCUT2D eigenvalue weighted by Crippen LogP contribution is -2.38. The first-order valence-corrected chi connectivity index (χ1v) is 5.20. The second-order valence-corrected chi connectivity index (χ2v) is 3.99. The molecule has 0 aliphatic rings. The summed E-state index contributed by atoms with van der Waals surface area (Å²) in [4.78, 5) is 22.0. The Hall–Kier alpha value is -1.43. The van der Waals surface area contributed by atoms with E-state index in [0.29, 0.717) is 0 Å². The van der Waals surface area contributed by atoms with Gasteiger partial charge in [-0.3, -0.25) is 9.59 Å². The lowest BCUT2D eigenvalue weighted by molar-refractivity contribution is -0.138. The summed E-state index contributed by atoms with van der Waals surface area (Å²) in [6.45, 7) is 1.30. The summed E-state index contributed by atoms with van der Waals surface area (Å²) in [5, 5.41) is 10.7. The van der Waals surface area contributed by atoms with Gasteiger partial charge in [0.1, 0.15) is 11.9 Å². The number of rotatable bonds is 3. The molecule has 0 spiro atoms. The van der Waals surface area contributed by atoms with Crippen LogP contribution in [-0.2, 0) is 4.79 Å². The summed E-state index contributed by atoms with van der Waals surface area (Å²) in [5.74, 6) is -2.64. The van der Waals surface area contributed by atoms with Gasteiger partial charge in [0.15, 0.2) is 0 Å². The molecule has 6 heteroatoms. The largest absolute Gasteiger partial charge is 0.480 e.